The molecule has 23 heavy (non-hydrogen) atoms. The number of nitrogens with zero attached hydrogens (tertiary/aromatic N) is 2. The van der Waals surface area contributed by atoms with Gasteiger partial charge in [0.1, 0.15) is 0 Å². The molecule has 1 N–H and O–H groups in total. The van der Waals surface area contributed by atoms with E-state index in [9.17, 15) is 9.90 Å². The Bertz CT molecular complexity index is 522. The van der Waals surface area contributed by atoms with Gasteiger partial charge in [0, 0.05) is 32.7 Å². The largest absolute Gasteiger partial charge is 0.392 e. The first-order valence-electron chi connectivity index (χ1n) is 8.43. The van der Waals surface area contributed by atoms with Crippen LogP contribution < -0.4 is 0 Å². The number of hydrogen-bond acceptors (Lipinski definition) is 3. The summed E-state index contributed by atoms with van der Waals surface area (Å²) >= 11 is 0. The zero-order valence-electron chi connectivity index (χ0n) is 14.1. The van der Waals surface area contributed by atoms with Gasteiger partial charge < -0.3 is 10.0 Å². The second kappa shape index (κ2) is 8.85. The fourth-order valence-corrected chi connectivity index (χ4v) is 2.96. The van der Waals surface area contributed by atoms with Crippen molar-refractivity contribution in [2.24, 2.45) is 0 Å². The minimum absolute atomic E-state index is 0.200. The van der Waals surface area contributed by atoms with Crippen LogP contribution in [-0.2, 0) is 11.2 Å². The number of aliphatic hydroxyl groups is 1. The van der Waals surface area contributed by atoms with Crippen LogP contribution in [0.5, 0.6) is 0 Å². The van der Waals surface area contributed by atoms with Gasteiger partial charge in [-0.1, -0.05) is 30.3 Å². The van der Waals surface area contributed by atoms with E-state index in [1.54, 1.807) is 0 Å². The molecule has 1 atom stereocenters. The molecular formula is C19H28N2O2. The van der Waals surface area contributed by atoms with E-state index in [-0.39, 0.29) is 12.0 Å². The fraction of sp³-hybridized carbons (Fsp3) is 0.526. The highest BCUT2D eigenvalue weighted by atomic mass is 16.3. The number of carbonyl (C=O) groups excluding carboxylic acids is 1. The lowest BCUT2D eigenvalue weighted by Gasteiger charge is -2.35. The molecule has 2 rings (SSSR count). The van der Waals surface area contributed by atoms with E-state index in [1.165, 1.54) is 5.56 Å². The predicted molar refractivity (Wildman–Crippen MR) is 93.3 cm³/mol. The molecule has 0 radical (unpaired) electrons. The zero-order chi connectivity index (χ0) is 16.7. The summed E-state index contributed by atoms with van der Waals surface area (Å²) in [5, 5.41) is 9.96. The Morgan fingerprint density at radius 1 is 1.30 bits per heavy atom. The highest BCUT2D eigenvalue weighted by Gasteiger charge is 2.22. The second-order valence-corrected chi connectivity index (χ2v) is 6.30. The van der Waals surface area contributed by atoms with Gasteiger partial charge in [0.2, 0.25) is 5.91 Å². The third-order valence-electron chi connectivity index (χ3n) is 4.50. The second-order valence-electron chi connectivity index (χ2n) is 6.30. The van der Waals surface area contributed by atoms with E-state index in [2.05, 4.69) is 11.5 Å². The van der Waals surface area contributed by atoms with Gasteiger partial charge in [0.25, 0.3) is 0 Å². The van der Waals surface area contributed by atoms with E-state index >= 15 is 0 Å². The lowest BCUT2D eigenvalue weighted by atomic mass is 10.1. The lowest BCUT2D eigenvalue weighted by Crippen LogP contribution is -2.50. The minimum Gasteiger partial charge on any atom is -0.392 e. The smallest absolute Gasteiger partial charge is 0.227 e. The van der Waals surface area contributed by atoms with Crippen molar-refractivity contribution in [1.82, 2.24) is 9.80 Å². The maximum atomic E-state index is 12.4. The van der Waals surface area contributed by atoms with Gasteiger partial charge in [-0.15, -0.1) is 6.58 Å². The van der Waals surface area contributed by atoms with E-state index in [0.29, 0.717) is 13.0 Å². The van der Waals surface area contributed by atoms with Crippen LogP contribution in [0, 0.1) is 6.92 Å². The monoisotopic (exact) mass is 316 g/mol. The van der Waals surface area contributed by atoms with Gasteiger partial charge in [-0.25, -0.2) is 0 Å². The van der Waals surface area contributed by atoms with Crippen LogP contribution in [0.3, 0.4) is 0 Å². The number of carbonyl (C=O) groups is 1. The van der Waals surface area contributed by atoms with Gasteiger partial charge in [0.05, 0.1) is 12.5 Å². The Balaban J connectivity index is 1.76. The Hall–Kier alpha value is -1.65. The predicted octanol–water partition coefficient (Wildman–Crippen LogP) is 2.01. The number of hydrogen-bond donors (Lipinski definition) is 1. The lowest BCUT2D eigenvalue weighted by molar-refractivity contribution is -0.132. The Morgan fingerprint density at radius 2 is 2.00 bits per heavy atom. The summed E-state index contributed by atoms with van der Waals surface area (Å²) in [4.78, 5) is 16.6. The van der Waals surface area contributed by atoms with Crippen LogP contribution in [-0.4, -0.2) is 59.6 Å². The van der Waals surface area contributed by atoms with Crippen LogP contribution >= 0.6 is 0 Å². The zero-order valence-corrected chi connectivity index (χ0v) is 14.1. The summed E-state index contributed by atoms with van der Waals surface area (Å²) in [7, 11) is 0. The van der Waals surface area contributed by atoms with Crippen LogP contribution in [0.1, 0.15) is 24.0 Å². The average molecular weight is 316 g/mol. The normalized spacial score (nSPS) is 17.0. The number of β-amino-alcohol motifs (C(OH)–C–C–N with tert-alkyl or cyclic N) is 1. The first-order valence-corrected chi connectivity index (χ1v) is 8.43. The number of piperazine rings is 1. The molecule has 1 aromatic carbocycles. The van der Waals surface area contributed by atoms with E-state index in [1.807, 2.05) is 42.2 Å². The highest BCUT2D eigenvalue weighted by molar-refractivity contribution is 5.79. The third-order valence-corrected chi connectivity index (χ3v) is 4.50. The summed E-state index contributed by atoms with van der Waals surface area (Å²) in [6.45, 7) is 9.59. The molecule has 4 heteroatoms. The Kier molecular flexibility index (Phi) is 6.81. The summed E-state index contributed by atoms with van der Waals surface area (Å²) in [5.41, 5.74) is 2.28. The molecule has 1 heterocycles. The molecule has 4 nitrogen and oxygen atoms in total. The average Bonchev–Trinajstić information content (AvgIpc) is 2.55. The SMILES string of the molecule is C=CCCC(O)CN1CCN(C(=O)Cc2ccccc2C)CC1. The standard InChI is InChI=1S/C19H28N2O2/c1-3-4-9-18(22)15-20-10-12-21(13-11-20)19(23)14-17-8-6-5-7-16(17)2/h3,5-8,18,22H,1,4,9-15H2,2H3. The van der Waals surface area contributed by atoms with Crippen LogP contribution in [0.2, 0.25) is 0 Å². The highest BCUT2D eigenvalue weighted by Crippen LogP contribution is 2.11. The molecule has 1 aromatic rings. The van der Waals surface area contributed by atoms with Crippen LogP contribution in [0.4, 0.5) is 0 Å². The van der Waals surface area contributed by atoms with Crippen molar-refractivity contribution in [3.63, 3.8) is 0 Å². The van der Waals surface area contributed by atoms with Gasteiger partial charge in [-0.3, -0.25) is 9.69 Å². The summed E-state index contributed by atoms with van der Waals surface area (Å²) in [6.07, 6.45) is 3.62. The Morgan fingerprint density at radius 3 is 2.65 bits per heavy atom. The van der Waals surface area contributed by atoms with Crippen LogP contribution in [0.15, 0.2) is 36.9 Å². The van der Waals surface area contributed by atoms with Crippen LogP contribution in [0.25, 0.3) is 0 Å². The van der Waals surface area contributed by atoms with Crippen molar-refractivity contribution in [3.8, 4) is 0 Å². The summed E-state index contributed by atoms with van der Waals surface area (Å²) < 4.78 is 0. The number of allylic oxidation sites excluding steroid dienone is 1. The molecule has 0 aromatic heterocycles. The van der Waals surface area contributed by atoms with Crippen molar-refractivity contribution in [2.75, 3.05) is 32.7 Å². The van der Waals surface area contributed by atoms with Crippen molar-refractivity contribution in [3.05, 3.63) is 48.0 Å². The summed E-state index contributed by atoms with van der Waals surface area (Å²) in [6, 6.07) is 8.06. The molecule has 0 saturated carbocycles. The topological polar surface area (TPSA) is 43.8 Å². The maximum Gasteiger partial charge on any atom is 0.227 e. The number of amides is 1. The van der Waals surface area contributed by atoms with Gasteiger partial charge in [-0.2, -0.15) is 0 Å². The summed E-state index contributed by atoms with van der Waals surface area (Å²) in [5.74, 6) is 0.200. The van der Waals surface area contributed by atoms with Crippen molar-refractivity contribution in [1.29, 1.82) is 0 Å². The van der Waals surface area contributed by atoms with Crippen molar-refractivity contribution >= 4 is 5.91 Å². The fourth-order valence-electron chi connectivity index (χ4n) is 2.96. The van der Waals surface area contributed by atoms with Gasteiger partial charge >= 0.3 is 0 Å². The molecule has 0 bridgehead atoms. The number of benzene rings is 1. The van der Waals surface area contributed by atoms with Gasteiger partial charge in [0.15, 0.2) is 0 Å². The molecule has 1 unspecified atom stereocenters. The number of rotatable bonds is 7. The molecule has 1 saturated heterocycles. The molecule has 1 aliphatic heterocycles. The molecular weight excluding hydrogens is 288 g/mol. The molecule has 1 fully saturated rings. The minimum atomic E-state index is -0.304. The van der Waals surface area contributed by atoms with Gasteiger partial charge in [-0.05, 0) is 30.9 Å². The maximum absolute atomic E-state index is 12.4. The molecule has 126 valence electrons. The van der Waals surface area contributed by atoms with E-state index in [0.717, 1.165) is 44.6 Å². The first-order chi connectivity index (χ1) is 11.1. The van der Waals surface area contributed by atoms with E-state index < -0.39 is 0 Å². The third kappa shape index (κ3) is 5.48. The number of aryl methyl sites for hydroxylation is 1. The van der Waals surface area contributed by atoms with Crippen molar-refractivity contribution in [2.45, 2.75) is 32.3 Å². The molecule has 1 aliphatic rings. The molecule has 0 spiro atoms. The Labute approximate surface area is 139 Å². The van der Waals surface area contributed by atoms with E-state index in [4.69, 9.17) is 0 Å². The van der Waals surface area contributed by atoms with Crippen molar-refractivity contribution < 1.29 is 9.90 Å². The first kappa shape index (κ1) is 17.7. The molecule has 1 amide bonds. The molecule has 0 aliphatic carbocycles. The quantitative estimate of drug-likeness (QED) is 0.783. The number of aliphatic hydroxyl groups excluding tert-OH is 1.